The molecular formula is C18H14Cl2N2OS. The Hall–Kier alpha value is -1.75. The van der Waals surface area contributed by atoms with Gasteiger partial charge in [-0.2, -0.15) is 0 Å². The lowest BCUT2D eigenvalue weighted by Gasteiger charge is -2.15. The Bertz CT molecular complexity index is 923. The van der Waals surface area contributed by atoms with E-state index in [4.69, 9.17) is 32.9 Å². The minimum atomic E-state index is 0.512. The largest absolute Gasteiger partial charge is 0.497 e. The standard InChI is InChI=1S/C18H14Cl2N2OS/c1-23-11-6-7-12-10(9-11)5-8-15-17(12)22-18(24-15)21-14-4-2-3-13(19)16(14)20/h2-4,6-7,9H,5,8H2,1H3,(H,21,22). The zero-order chi connectivity index (χ0) is 16.7. The molecule has 4 rings (SSSR count). The molecule has 122 valence electrons. The van der Waals surface area contributed by atoms with Crippen LogP contribution in [0.5, 0.6) is 5.75 Å². The molecule has 6 heteroatoms. The van der Waals surface area contributed by atoms with Crippen LogP contribution in [-0.2, 0) is 12.8 Å². The molecule has 1 N–H and O–H groups in total. The van der Waals surface area contributed by atoms with Crippen molar-refractivity contribution >= 4 is 45.4 Å². The van der Waals surface area contributed by atoms with Crippen molar-refractivity contribution in [1.29, 1.82) is 0 Å². The predicted octanol–water partition coefficient (Wildman–Crippen LogP) is 5.97. The summed E-state index contributed by atoms with van der Waals surface area (Å²) in [6.07, 6.45) is 1.98. The Morgan fingerprint density at radius 1 is 1.17 bits per heavy atom. The van der Waals surface area contributed by atoms with Gasteiger partial charge in [0.25, 0.3) is 0 Å². The number of hydrogen-bond acceptors (Lipinski definition) is 4. The topological polar surface area (TPSA) is 34.1 Å². The molecule has 0 aliphatic heterocycles. The fourth-order valence-corrected chi connectivity index (χ4v) is 4.22. The summed E-state index contributed by atoms with van der Waals surface area (Å²) >= 11 is 14.0. The summed E-state index contributed by atoms with van der Waals surface area (Å²) in [5.41, 5.74) is 4.27. The minimum Gasteiger partial charge on any atom is -0.497 e. The van der Waals surface area contributed by atoms with Gasteiger partial charge in [-0.3, -0.25) is 0 Å². The number of methoxy groups -OCH3 is 1. The first-order valence-electron chi connectivity index (χ1n) is 7.53. The first-order chi connectivity index (χ1) is 11.7. The number of thiazole rings is 1. The fraction of sp³-hybridized carbons (Fsp3) is 0.167. The van der Waals surface area contributed by atoms with E-state index in [1.165, 1.54) is 16.0 Å². The third-order valence-electron chi connectivity index (χ3n) is 4.08. The van der Waals surface area contributed by atoms with Crippen LogP contribution < -0.4 is 10.1 Å². The molecule has 0 amide bonds. The van der Waals surface area contributed by atoms with Crippen molar-refractivity contribution in [3.8, 4) is 17.0 Å². The average Bonchev–Trinajstić information content (AvgIpc) is 3.01. The van der Waals surface area contributed by atoms with Crippen LogP contribution in [0.4, 0.5) is 10.8 Å². The van der Waals surface area contributed by atoms with Gasteiger partial charge in [-0.25, -0.2) is 4.98 Å². The summed E-state index contributed by atoms with van der Waals surface area (Å²) in [6.45, 7) is 0. The monoisotopic (exact) mass is 376 g/mol. The van der Waals surface area contributed by atoms with Crippen LogP contribution in [0.3, 0.4) is 0 Å². The molecule has 0 saturated heterocycles. The van der Waals surface area contributed by atoms with Crippen molar-refractivity contribution in [2.45, 2.75) is 12.8 Å². The van der Waals surface area contributed by atoms with Gasteiger partial charge in [0, 0.05) is 10.4 Å². The summed E-state index contributed by atoms with van der Waals surface area (Å²) in [5.74, 6) is 0.886. The second-order valence-electron chi connectivity index (χ2n) is 5.54. The van der Waals surface area contributed by atoms with Gasteiger partial charge in [0.05, 0.1) is 28.5 Å². The zero-order valence-corrected chi connectivity index (χ0v) is 15.2. The van der Waals surface area contributed by atoms with Crippen molar-refractivity contribution < 1.29 is 4.74 Å². The van der Waals surface area contributed by atoms with E-state index in [0.29, 0.717) is 10.0 Å². The molecule has 0 spiro atoms. The quantitative estimate of drug-likeness (QED) is 0.611. The number of nitrogens with one attached hydrogen (secondary N) is 1. The first-order valence-corrected chi connectivity index (χ1v) is 9.11. The Morgan fingerprint density at radius 3 is 2.88 bits per heavy atom. The SMILES string of the molecule is COc1ccc2c(c1)CCc1sc(Nc3cccc(Cl)c3Cl)nc1-2. The van der Waals surface area contributed by atoms with E-state index < -0.39 is 0 Å². The summed E-state index contributed by atoms with van der Waals surface area (Å²) in [5, 5.41) is 5.16. The van der Waals surface area contributed by atoms with Crippen LogP contribution in [-0.4, -0.2) is 12.1 Å². The van der Waals surface area contributed by atoms with Crippen LogP contribution in [0.1, 0.15) is 10.4 Å². The van der Waals surface area contributed by atoms with Gasteiger partial charge in [0.2, 0.25) is 0 Å². The zero-order valence-electron chi connectivity index (χ0n) is 12.9. The van der Waals surface area contributed by atoms with Crippen molar-refractivity contribution in [1.82, 2.24) is 4.98 Å². The molecule has 2 aromatic carbocycles. The molecule has 3 aromatic rings. The lowest BCUT2D eigenvalue weighted by atomic mass is 9.93. The summed E-state index contributed by atoms with van der Waals surface area (Å²) in [4.78, 5) is 6.06. The second kappa shape index (κ2) is 6.28. The van der Waals surface area contributed by atoms with Gasteiger partial charge in [-0.1, -0.05) is 29.3 Å². The van der Waals surface area contributed by atoms with E-state index >= 15 is 0 Å². The van der Waals surface area contributed by atoms with Crippen molar-refractivity contribution in [3.05, 3.63) is 56.9 Å². The Kier molecular flexibility index (Phi) is 4.12. The highest BCUT2D eigenvalue weighted by molar-refractivity contribution is 7.16. The van der Waals surface area contributed by atoms with Crippen LogP contribution >= 0.6 is 34.5 Å². The molecule has 1 heterocycles. The smallest absolute Gasteiger partial charge is 0.188 e. The highest BCUT2D eigenvalue weighted by Gasteiger charge is 2.21. The normalized spacial score (nSPS) is 12.5. The number of rotatable bonds is 3. The molecule has 1 aromatic heterocycles. The van der Waals surface area contributed by atoms with Crippen molar-refractivity contribution in [2.24, 2.45) is 0 Å². The van der Waals surface area contributed by atoms with Gasteiger partial charge >= 0.3 is 0 Å². The van der Waals surface area contributed by atoms with Gasteiger partial charge < -0.3 is 10.1 Å². The number of ether oxygens (including phenoxy) is 1. The van der Waals surface area contributed by atoms with E-state index in [2.05, 4.69) is 17.4 Å². The third kappa shape index (κ3) is 2.75. The maximum atomic E-state index is 6.25. The number of halogens is 2. The van der Waals surface area contributed by atoms with Crippen LogP contribution in [0, 0.1) is 0 Å². The fourth-order valence-electron chi connectivity index (χ4n) is 2.88. The van der Waals surface area contributed by atoms with Crippen molar-refractivity contribution in [3.63, 3.8) is 0 Å². The first kappa shape index (κ1) is 15.8. The second-order valence-corrected chi connectivity index (χ2v) is 7.41. The molecule has 0 atom stereocenters. The van der Waals surface area contributed by atoms with E-state index in [-0.39, 0.29) is 0 Å². The number of aromatic nitrogens is 1. The van der Waals surface area contributed by atoms with E-state index in [1.54, 1.807) is 24.5 Å². The molecule has 1 aliphatic carbocycles. The molecule has 0 saturated carbocycles. The van der Waals surface area contributed by atoms with Crippen LogP contribution in [0.2, 0.25) is 10.0 Å². The minimum absolute atomic E-state index is 0.512. The Balaban J connectivity index is 1.70. The number of anilines is 2. The predicted molar refractivity (Wildman–Crippen MR) is 101 cm³/mol. The maximum Gasteiger partial charge on any atom is 0.188 e. The molecule has 0 bridgehead atoms. The van der Waals surface area contributed by atoms with Gasteiger partial charge in [0.15, 0.2) is 5.13 Å². The maximum absolute atomic E-state index is 6.25. The van der Waals surface area contributed by atoms with Gasteiger partial charge in [0.1, 0.15) is 5.75 Å². The molecule has 24 heavy (non-hydrogen) atoms. The summed E-state index contributed by atoms with van der Waals surface area (Å²) in [7, 11) is 1.69. The molecule has 1 aliphatic rings. The van der Waals surface area contributed by atoms with Crippen LogP contribution in [0.25, 0.3) is 11.3 Å². The van der Waals surface area contributed by atoms with E-state index in [1.807, 2.05) is 18.2 Å². The van der Waals surface area contributed by atoms with Crippen LogP contribution in [0.15, 0.2) is 36.4 Å². The number of hydrogen-bond donors (Lipinski definition) is 1. The Labute approximate surface area is 154 Å². The Morgan fingerprint density at radius 2 is 2.04 bits per heavy atom. The summed E-state index contributed by atoms with van der Waals surface area (Å²) < 4.78 is 5.32. The van der Waals surface area contributed by atoms with E-state index in [0.717, 1.165) is 35.1 Å². The third-order valence-corrected chi connectivity index (χ3v) is 5.93. The molecular weight excluding hydrogens is 363 g/mol. The van der Waals surface area contributed by atoms with Gasteiger partial charge in [-0.05, 0) is 48.7 Å². The summed E-state index contributed by atoms with van der Waals surface area (Å²) in [6, 6.07) is 11.7. The van der Waals surface area contributed by atoms with Crippen molar-refractivity contribution in [2.75, 3.05) is 12.4 Å². The lowest BCUT2D eigenvalue weighted by molar-refractivity contribution is 0.414. The molecule has 0 unspecified atom stereocenters. The number of aryl methyl sites for hydroxylation is 2. The number of benzene rings is 2. The van der Waals surface area contributed by atoms with Gasteiger partial charge in [-0.15, -0.1) is 11.3 Å². The highest BCUT2D eigenvalue weighted by Crippen LogP contribution is 2.41. The van der Waals surface area contributed by atoms with E-state index in [9.17, 15) is 0 Å². The lowest BCUT2D eigenvalue weighted by Crippen LogP contribution is -2.02. The number of nitrogens with zero attached hydrogens (tertiary/aromatic N) is 1. The highest BCUT2D eigenvalue weighted by atomic mass is 35.5. The average molecular weight is 377 g/mol. The molecule has 3 nitrogen and oxygen atoms in total. The molecule has 0 fully saturated rings. The number of fused-ring (bicyclic) bond motifs is 3. The molecule has 0 radical (unpaired) electrons.